The summed E-state index contributed by atoms with van der Waals surface area (Å²) in [5, 5.41) is 9.53. The van der Waals surface area contributed by atoms with Crippen LogP contribution in [-0.2, 0) is 4.79 Å². The number of aliphatic carboxylic acids is 1. The summed E-state index contributed by atoms with van der Waals surface area (Å²) >= 11 is 0. The summed E-state index contributed by atoms with van der Waals surface area (Å²) in [5.74, 6) is 0.462. The number of hydrogen-bond donors (Lipinski definition) is 1. The number of rotatable bonds is 3. The van der Waals surface area contributed by atoms with Crippen LogP contribution in [0.15, 0.2) is 18.5 Å². The van der Waals surface area contributed by atoms with E-state index in [1.807, 2.05) is 6.07 Å². The Morgan fingerprint density at radius 2 is 2.19 bits per heavy atom. The lowest BCUT2D eigenvalue weighted by Crippen LogP contribution is -2.20. The van der Waals surface area contributed by atoms with Gasteiger partial charge in [0.25, 0.3) is 0 Å². The SMILES string of the molecule is CC1CC(C(=O)O)C(c2nc3cnccc3n2C2CC2)C1. The molecule has 2 saturated carbocycles. The van der Waals surface area contributed by atoms with Gasteiger partial charge in [0.15, 0.2) is 0 Å². The maximum Gasteiger partial charge on any atom is 0.307 e. The third-order valence-electron chi connectivity index (χ3n) is 4.88. The summed E-state index contributed by atoms with van der Waals surface area (Å²) < 4.78 is 2.29. The van der Waals surface area contributed by atoms with Crippen LogP contribution in [-0.4, -0.2) is 25.6 Å². The van der Waals surface area contributed by atoms with Gasteiger partial charge >= 0.3 is 5.97 Å². The van der Waals surface area contributed by atoms with Crippen LogP contribution in [0, 0.1) is 11.8 Å². The molecule has 2 aromatic rings. The summed E-state index contributed by atoms with van der Waals surface area (Å²) in [7, 11) is 0. The predicted octanol–water partition coefficient (Wildman–Crippen LogP) is 2.98. The number of carbonyl (C=O) groups is 1. The minimum absolute atomic E-state index is 0.0329. The van der Waals surface area contributed by atoms with E-state index < -0.39 is 5.97 Å². The first-order chi connectivity index (χ1) is 10.1. The lowest BCUT2D eigenvalue weighted by Gasteiger charge is -2.17. The summed E-state index contributed by atoms with van der Waals surface area (Å²) in [6.45, 7) is 2.14. The van der Waals surface area contributed by atoms with Gasteiger partial charge in [0.05, 0.1) is 17.6 Å². The van der Waals surface area contributed by atoms with E-state index in [1.165, 1.54) is 12.8 Å². The van der Waals surface area contributed by atoms with Crippen LogP contribution >= 0.6 is 0 Å². The van der Waals surface area contributed by atoms with Gasteiger partial charge in [-0.2, -0.15) is 0 Å². The van der Waals surface area contributed by atoms with Crippen molar-refractivity contribution in [2.75, 3.05) is 0 Å². The first kappa shape index (κ1) is 12.8. The zero-order valence-corrected chi connectivity index (χ0v) is 12.1. The standard InChI is InChI=1S/C16H19N3O2/c1-9-6-11(12(7-9)16(20)21)15-18-13-8-17-5-4-14(13)19(15)10-2-3-10/h4-5,8-12H,2-3,6-7H2,1H3,(H,20,21). The van der Waals surface area contributed by atoms with Gasteiger partial charge in [0.1, 0.15) is 11.3 Å². The predicted molar refractivity (Wildman–Crippen MR) is 78.1 cm³/mol. The van der Waals surface area contributed by atoms with Crippen molar-refractivity contribution >= 4 is 17.0 Å². The fourth-order valence-corrected chi connectivity index (χ4v) is 3.80. The van der Waals surface area contributed by atoms with Gasteiger partial charge in [-0.25, -0.2) is 4.98 Å². The van der Waals surface area contributed by atoms with Crippen molar-refractivity contribution in [3.05, 3.63) is 24.3 Å². The van der Waals surface area contributed by atoms with Crippen molar-refractivity contribution < 1.29 is 9.90 Å². The van der Waals surface area contributed by atoms with E-state index in [4.69, 9.17) is 4.98 Å². The van der Waals surface area contributed by atoms with E-state index in [2.05, 4.69) is 16.5 Å². The Balaban J connectivity index is 1.85. The second kappa shape index (κ2) is 4.55. The molecular formula is C16H19N3O2. The monoisotopic (exact) mass is 285 g/mol. The molecule has 0 bridgehead atoms. The van der Waals surface area contributed by atoms with Gasteiger partial charge in [-0.3, -0.25) is 9.78 Å². The van der Waals surface area contributed by atoms with Crippen molar-refractivity contribution in [2.24, 2.45) is 11.8 Å². The molecule has 0 aromatic carbocycles. The number of hydrogen-bond acceptors (Lipinski definition) is 3. The molecule has 3 atom stereocenters. The number of imidazole rings is 1. The molecule has 0 saturated heterocycles. The molecule has 5 heteroatoms. The zero-order valence-electron chi connectivity index (χ0n) is 12.1. The Hall–Kier alpha value is -1.91. The number of fused-ring (bicyclic) bond motifs is 1. The molecule has 5 nitrogen and oxygen atoms in total. The highest BCUT2D eigenvalue weighted by molar-refractivity contribution is 5.76. The van der Waals surface area contributed by atoms with Crippen LogP contribution in [0.3, 0.4) is 0 Å². The van der Waals surface area contributed by atoms with Crippen molar-refractivity contribution in [3.8, 4) is 0 Å². The van der Waals surface area contributed by atoms with Gasteiger partial charge in [-0.05, 0) is 37.7 Å². The van der Waals surface area contributed by atoms with Crippen LogP contribution in [0.4, 0.5) is 0 Å². The summed E-state index contributed by atoms with van der Waals surface area (Å²) in [4.78, 5) is 20.5. The molecule has 21 heavy (non-hydrogen) atoms. The minimum Gasteiger partial charge on any atom is -0.481 e. The van der Waals surface area contributed by atoms with Crippen molar-refractivity contribution in [2.45, 2.75) is 44.6 Å². The molecule has 2 aromatic heterocycles. The highest BCUT2D eigenvalue weighted by Crippen LogP contribution is 2.47. The zero-order chi connectivity index (χ0) is 14.6. The second-order valence-corrected chi connectivity index (χ2v) is 6.56. The van der Waals surface area contributed by atoms with Crippen LogP contribution in [0.25, 0.3) is 11.0 Å². The third-order valence-corrected chi connectivity index (χ3v) is 4.88. The van der Waals surface area contributed by atoms with E-state index in [9.17, 15) is 9.90 Å². The Morgan fingerprint density at radius 1 is 1.38 bits per heavy atom. The van der Waals surface area contributed by atoms with E-state index in [1.54, 1.807) is 12.4 Å². The van der Waals surface area contributed by atoms with E-state index in [0.29, 0.717) is 12.0 Å². The van der Waals surface area contributed by atoms with Crippen molar-refractivity contribution in [1.82, 2.24) is 14.5 Å². The highest BCUT2D eigenvalue weighted by Gasteiger charge is 2.42. The van der Waals surface area contributed by atoms with Gasteiger partial charge < -0.3 is 9.67 Å². The molecule has 2 heterocycles. The topological polar surface area (TPSA) is 68.0 Å². The van der Waals surface area contributed by atoms with Gasteiger partial charge in [0.2, 0.25) is 0 Å². The maximum atomic E-state index is 11.6. The lowest BCUT2D eigenvalue weighted by molar-refractivity contribution is -0.142. The molecular weight excluding hydrogens is 266 g/mol. The second-order valence-electron chi connectivity index (χ2n) is 6.56. The van der Waals surface area contributed by atoms with E-state index >= 15 is 0 Å². The lowest BCUT2D eigenvalue weighted by atomic mass is 9.95. The Labute approximate surface area is 123 Å². The number of aromatic nitrogens is 3. The largest absolute Gasteiger partial charge is 0.481 e. The van der Waals surface area contributed by atoms with E-state index in [-0.39, 0.29) is 11.8 Å². The Bertz CT molecular complexity index is 705. The highest BCUT2D eigenvalue weighted by atomic mass is 16.4. The molecule has 4 rings (SSSR count). The summed E-state index contributed by atoms with van der Waals surface area (Å²) in [6.07, 6.45) is 7.58. The van der Waals surface area contributed by atoms with Gasteiger partial charge in [-0.15, -0.1) is 0 Å². The molecule has 2 aliphatic carbocycles. The van der Waals surface area contributed by atoms with Crippen molar-refractivity contribution in [1.29, 1.82) is 0 Å². The van der Waals surface area contributed by atoms with Crippen LogP contribution < -0.4 is 0 Å². The van der Waals surface area contributed by atoms with E-state index in [0.717, 1.165) is 29.7 Å². The smallest absolute Gasteiger partial charge is 0.307 e. The molecule has 2 aliphatic rings. The van der Waals surface area contributed by atoms with Crippen LogP contribution in [0.2, 0.25) is 0 Å². The average Bonchev–Trinajstić information content (AvgIpc) is 3.10. The number of carboxylic acid groups (broad SMARTS) is 1. The Morgan fingerprint density at radius 3 is 2.90 bits per heavy atom. The number of pyridine rings is 1. The third kappa shape index (κ3) is 2.03. The maximum absolute atomic E-state index is 11.6. The molecule has 0 amide bonds. The molecule has 2 fully saturated rings. The minimum atomic E-state index is -0.683. The van der Waals surface area contributed by atoms with Crippen LogP contribution in [0.5, 0.6) is 0 Å². The molecule has 110 valence electrons. The summed E-state index contributed by atoms with van der Waals surface area (Å²) in [6, 6.07) is 2.50. The van der Waals surface area contributed by atoms with Gasteiger partial charge in [0, 0.05) is 18.2 Å². The fourth-order valence-electron chi connectivity index (χ4n) is 3.80. The fraction of sp³-hybridized carbons (Fsp3) is 0.562. The average molecular weight is 285 g/mol. The first-order valence-corrected chi connectivity index (χ1v) is 7.69. The quantitative estimate of drug-likeness (QED) is 0.941. The normalized spacial score (nSPS) is 29.1. The van der Waals surface area contributed by atoms with Crippen molar-refractivity contribution in [3.63, 3.8) is 0 Å². The molecule has 3 unspecified atom stereocenters. The number of nitrogens with zero attached hydrogens (tertiary/aromatic N) is 3. The summed E-state index contributed by atoms with van der Waals surface area (Å²) in [5.41, 5.74) is 1.99. The first-order valence-electron chi connectivity index (χ1n) is 7.69. The Kier molecular flexibility index (Phi) is 2.77. The molecule has 0 aliphatic heterocycles. The van der Waals surface area contributed by atoms with Gasteiger partial charge in [-0.1, -0.05) is 6.92 Å². The number of carboxylic acids is 1. The molecule has 1 N–H and O–H groups in total. The van der Waals surface area contributed by atoms with Crippen LogP contribution in [0.1, 0.15) is 50.4 Å². The molecule has 0 spiro atoms. The molecule has 0 radical (unpaired) electrons.